The number of hydrogen-bond donors (Lipinski definition) is 0. The van der Waals surface area contributed by atoms with E-state index in [1.54, 1.807) is 0 Å². The Morgan fingerprint density at radius 2 is 2.37 bits per heavy atom. The number of carbonyl (C=O) groups is 1. The molecule has 1 unspecified atom stereocenters. The second-order valence-corrected chi connectivity index (χ2v) is 5.96. The van der Waals surface area contributed by atoms with E-state index >= 15 is 0 Å². The van der Waals surface area contributed by atoms with Crippen LogP contribution in [0.1, 0.15) is 36.7 Å². The number of aryl methyl sites for hydroxylation is 1. The van der Waals surface area contributed by atoms with Crippen LogP contribution >= 0.6 is 15.9 Å². The van der Waals surface area contributed by atoms with Crippen molar-refractivity contribution >= 4 is 21.8 Å². The molecule has 2 heterocycles. The van der Waals surface area contributed by atoms with Gasteiger partial charge in [-0.05, 0) is 41.3 Å². The van der Waals surface area contributed by atoms with Gasteiger partial charge in [0.15, 0.2) is 0 Å². The summed E-state index contributed by atoms with van der Waals surface area (Å²) in [5, 5.41) is 0. The van der Waals surface area contributed by atoms with Crippen molar-refractivity contribution in [2.45, 2.75) is 32.3 Å². The number of aromatic nitrogens is 1. The molecule has 1 aromatic heterocycles. The largest absolute Gasteiger partial charge is 0.376 e. The van der Waals surface area contributed by atoms with Crippen LogP contribution in [0.5, 0.6) is 0 Å². The molecule has 0 aliphatic carbocycles. The van der Waals surface area contributed by atoms with Crippen molar-refractivity contribution < 1.29 is 9.53 Å². The van der Waals surface area contributed by atoms with Crippen molar-refractivity contribution in [3.05, 3.63) is 22.4 Å². The molecule has 2 rings (SSSR count). The van der Waals surface area contributed by atoms with Gasteiger partial charge >= 0.3 is 0 Å². The van der Waals surface area contributed by atoms with Crippen LogP contribution in [0.15, 0.2) is 16.7 Å². The molecule has 1 amide bonds. The van der Waals surface area contributed by atoms with E-state index in [9.17, 15) is 4.79 Å². The Morgan fingerprint density at radius 1 is 1.58 bits per heavy atom. The Bertz CT molecular complexity index is 445. The van der Waals surface area contributed by atoms with Gasteiger partial charge in [0.05, 0.1) is 6.10 Å². The zero-order chi connectivity index (χ0) is 13.8. The Balaban J connectivity index is 2.01. The highest BCUT2D eigenvalue weighted by molar-refractivity contribution is 9.10. The molecule has 1 aliphatic heterocycles. The summed E-state index contributed by atoms with van der Waals surface area (Å²) in [6.45, 7) is 4.42. The molecule has 106 valence electrons. The van der Waals surface area contributed by atoms with Gasteiger partial charge in [-0.2, -0.15) is 0 Å². The first-order valence-corrected chi connectivity index (χ1v) is 7.64. The molecule has 4 nitrogen and oxygen atoms in total. The third-order valence-electron chi connectivity index (χ3n) is 3.41. The van der Waals surface area contributed by atoms with Gasteiger partial charge in [0.2, 0.25) is 0 Å². The van der Waals surface area contributed by atoms with Crippen LogP contribution in [0.2, 0.25) is 0 Å². The van der Waals surface area contributed by atoms with E-state index in [1.165, 1.54) is 0 Å². The SMILES string of the molecule is CCCOC1CCCN(C(=O)c2cc(Br)cn2C)C1. The first-order valence-electron chi connectivity index (χ1n) is 6.84. The third-order valence-corrected chi connectivity index (χ3v) is 3.85. The number of nitrogens with zero attached hydrogens (tertiary/aromatic N) is 2. The predicted molar refractivity (Wildman–Crippen MR) is 78.3 cm³/mol. The first kappa shape index (κ1) is 14.6. The van der Waals surface area contributed by atoms with Crippen LogP contribution in [-0.2, 0) is 11.8 Å². The summed E-state index contributed by atoms with van der Waals surface area (Å²) in [6, 6.07) is 1.87. The molecule has 0 N–H and O–H groups in total. The van der Waals surface area contributed by atoms with Gasteiger partial charge in [0, 0.05) is 37.4 Å². The lowest BCUT2D eigenvalue weighted by molar-refractivity contribution is 0.00181. The average Bonchev–Trinajstić information content (AvgIpc) is 2.75. The Morgan fingerprint density at radius 3 is 3.00 bits per heavy atom. The van der Waals surface area contributed by atoms with E-state index in [0.29, 0.717) is 6.54 Å². The van der Waals surface area contributed by atoms with E-state index in [1.807, 2.05) is 28.8 Å². The number of hydrogen-bond acceptors (Lipinski definition) is 2. The topological polar surface area (TPSA) is 34.5 Å². The van der Waals surface area contributed by atoms with Crippen molar-refractivity contribution in [2.75, 3.05) is 19.7 Å². The first-order chi connectivity index (χ1) is 9.11. The highest BCUT2D eigenvalue weighted by Gasteiger charge is 2.26. The van der Waals surface area contributed by atoms with Crippen molar-refractivity contribution in [3.63, 3.8) is 0 Å². The molecule has 1 aromatic rings. The van der Waals surface area contributed by atoms with E-state index in [2.05, 4.69) is 22.9 Å². The fourth-order valence-electron chi connectivity index (χ4n) is 2.44. The van der Waals surface area contributed by atoms with Crippen LogP contribution in [0, 0.1) is 0 Å². The van der Waals surface area contributed by atoms with E-state index < -0.39 is 0 Å². The summed E-state index contributed by atoms with van der Waals surface area (Å²) in [7, 11) is 1.90. The van der Waals surface area contributed by atoms with Gasteiger partial charge < -0.3 is 14.2 Å². The highest BCUT2D eigenvalue weighted by atomic mass is 79.9. The molecular formula is C14H21BrN2O2. The molecule has 0 aromatic carbocycles. The normalized spacial score (nSPS) is 19.7. The van der Waals surface area contributed by atoms with Crippen LogP contribution in [0.4, 0.5) is 0 Å². The lowest BCUT2D eigenvalue weighted by atomic mass is 10.1. The van der Waals surface area contributed by atoms with Crippen LogP contribution in [0.3, 0.4) is 0 Å². The zero-order valence-corrected chi connectivity index (χ0v) is 13.1. The molecule has 5 heteroatoms. The molecule has 1 aliphatic rings. The molecule has 19 heavy (non-hydrogen) atoms. The van der Waals surface area contributed by atoms with Gasteiger partial charge in [-0.25, -0.2) is 0 Å². The number of ether oxygens (including phenoxy) is 1. The maximum atomic E-state index is 12.5. The Kier molecular flexibility index (Phi) is 5.05. The van der Waals surface area contributed by atoms with Gasteiger partial charge in [-0.3, -0.25) is 4.79 Å². The predicted octanol–water partition coefficient (Wildman–Crippen LogP) is 2.82. The van der Waals surface area contributed by atoms with Crippen LogP contribution in [0.25, 0.3) is 0 Å². The van der Waals surface area contributed by atoms with Gasteiger partial charge in [-0.15, -0.1) is 0 Å². The number of halogens is 1. The van der Waals surface area contributed by atoms with Crippen LogP contribution < -0.4 is 0 Å². The Hall–Kier alpha value is -0.810. The van der Waals surface area contributed by atoms with Crippen molar-refractivity contribution in [3.8, 4) is 0 Å². The molecule has 1 saturated heterocycles. The molecular weight excluding hydrogens is 308 g/mol. The van der Waals surface area contributed by atoms with E-state index in [-0.39, 0.29) is 12.0 Å². The van der Waals surface area contributed by atoms with Crippen molar-refractivity contribution in [1.82, 2.24) is 9.47 Å². The minimum absolute atomic E-state index is 0.0954. The highest BCUT2D eigenvalue weighted by Crippen LogP contribution is 2.19. The third kappa shape index (κ3) is 3.60. The van der Waals surface area contributed by atoms with Gasteiger partial charge in [0.1, 0.15) is 5.69 Å². The summed E-state index contributed by atoms with van der Waals surface area (Å²) in [5.74, 6) is 0.0954. The van der Waals surface area contributed by atoms with Crippen molar-refractivity contribution in [2.24, 2.45) is 7.05 Å². The van der Waals surface area contributed by atoms with E-state index in [4.69, 9.17) is 4.74 Å². The second-order valence-electron chi connectivity index (χ2n) is 5.04. The monoisotopic (exact) mass is 328 g/mol. The fraction of sp³-hybridized carbons (Fsp3) is 0.643. The Labute approximate surface area is 122 Å². The second kappa shape index (κ2) is 6.57. The minimum atomic E-state index is 0.0954. The number of rotatable bonds is 4. The smallest absolute Gasteiger partial charge is 0.270 e. The molecule has 0 bridgehead atoms. The lowest BCUT2D eigenvalue weighted by Crippen LogP contribution is -2.43. The molecule has 1 fully saturated rings. The maximum Gasteiger partial charge on any atom is 0.270 e. The molecule has 0 radical (unpaired) electrons. The number of amides is 1. The zero-order valence-electron chi connectivity index (χ0n) is 11.6. The fourth-order valence-corrected chi connectivity index (χ4v) is 2.97. The number of likely N-dealkylation sites (tertiary alicyclic amines) is 1. The average molecular weight is 329 g/mol. The summed E-state index contributed by atoms with van der Waals surface area (Å²) in [6.07, 6.45) is 5.20. The van der Waals surface area contributed by atoms with Crippen molar-refractivity contribution in [1.29, 1.82) is 0 Å². The number of piperidine rings is 1. The standard InChI is InChI=1S/C14H21BrN2O2/c1-3-7-19-12-5-4-6-17(10-12)14(18)13-8-11(15)9-16(13)2/h8-9,12H,3-7,10H2,1-2H3. The molecule has 1 atom stereocenters. The minimum Gasteiger partial charge on any atom is -0.376 e. The van der Waals surface area contributed by atoms with E-state index in [0.717, 1.165) is 42.6 Å². The maximum absolute atomic E-state index is 12.5. The molecule has 0 saturated carbocycles. The van der Waals surface area contributed by atoms with Crippen LogP contribution in [-0.4, -0.2) is 41.2 Å². The lowest BCUT2D eigenvalue weighted by Gasteiger charge is -2.32. The number of carbonyl (C=O) groups excluding carboxylic acids is 1. The summed E-state index contributed by atoms with van der Waals surface area (Å²) < 4.78 is 8.58. The summed E-state index contributed by atoms with van der Waals surface area (Å²) in [5.41, 5.74) is 0.725. The summed E-state index contributed by atoms with van der Waals surface area (Å²) in [4.78, 5) is 14.4. The van der Waals surface area contributed by atoms with Gasteiger partial charge in [0.25, 0.3) is 5.91 Å². The molecule has 0 spiro atoms. The summed E-state index contributed by atoms with van der Waals surface area (Å²) >= 11 is 3.41. The van der Waals surface area contributed by atoms with Gasteiger partial charge in [-0.1, -0.05) is 6.92 Å². The quantitative estimate of drug-likeness (QED) is 0.851.